The number of ether oxygens (including phenoxy) is 3. The first-order valence-electron chi connectivity index (χ1n) is 8.54. The fourth-order valence-electron chi connectivity index (χ4n) is 1.77. The number of carbonyl (C=O) groups excluding carboxylic acids is 1. The van der Waals surface area contributed by atoms with Crippen LogP contribution in [0.2, 0.25) is 0 Å². The molecule has 0 aromatic rings. The molecule has 0 rings (SSSR count). The van der Waals surface area contributed by atoms with Crippen molar-refractivity contribution in [1.82, 2.24) is 10.6 Å². The van der Waals surface area contributed by atoms with Crippen LogP contribution in [0.4, 0.5) is 0 Å². The second-order valence-electron chi connectivity index (χ2n) is 7.03. The molecule has 0 fully saturated rings. The minimum absolute atomic E-state index is 0.0195. The first-order valence-corrected chi connectivity index (χ1v) is 8.54. The molecule has 138 valence electrons. The third-order valence-corrected chi connectivity index (χ3v) is 2.80. The van der Waals surface area contributed by atoms with E-state index >= 15 is 0 Å². The maximum absolute atomic E-state index is 11.6. The van der Waals surface area contributed by atoms with Crippen LogP contribution in [0.5, 0.6) is 0 Å². The first kappa shape index (κ1) is 22.3. The van der Waals surface area contributed by atoms with E-state index in [1.54, 1.807) is 0 Å². The maximum Gasteiger partial charge on any atom is 0.220 e. The summed E-state index contributed by atoms with van der Waals surface area (Å²) in [7, 11) is 0. The Hall–Kier alpha value is -0.690. The highest BCUT2D eigenvalue weighted by Crippen LogP contribution is 2.17. The van der Waals surface area contributed by atoms with E-state index in [0.29, 0.717) is 58.6 Å². The van der Waals surface area contributed by atoms with Gasteiger partial charge in [0.15, 0.2) is 0 Å². The Balaban J connectivity index is 3.18. The molecule has 0 spiro atoms. The minimum atomic E-state index is 0.0195. The molecule has 0 heterocycles. The second kappa shape index (κ2) is 13.7. The predicted molar refractivity (Wildman–Crippen MR) is 92.7 cm³/mol. The van der Waals surface area contributed by atoms with Gasteiger partial charge in [0.2, 0.25) is 5.91 Å². The van der Waals surface area contributed by atoms with E-state index in [1.165, 1.54) is 0 Å². The van der Waals surface area contributed by atoms with Gasteiger partial charge in [-0.2, -0.15) is 0 Å². The van der Waals surface area contributed by atoms with Gasteiger partial charge in [-0.05, 0) is 5.41 Å². The van der Waals surface area contributed by atoms with Crippen molar-refractivity contribution in [2.45, 2.75) is 47.1 Å². The molecule has 0 saturated heterocycles. The summed E-state index contributed by atoms with van der Waals surface area (Å²) in [6, 6.07) is 0.491. The molecule has 0 bridgehead atoms. The zero-order valence-corrected chi connectivity index (χ0v) is 15.6. The average Bonchev–Trinajstić information content (AvgIpc) is 2.41. The topological polar surface area (TPSA) is 68.8 Å². The van der Waals surface area contributed by atoms with E-state index in [-0.39, 0.29) is 11.3 Å². The van der Waals surface area contributed by atoms with Crippen molar-refractivity contribution in [1.29, 1.82) is 0 Å². The van der Waals surface area contributed by atoms with Gasteiger partial charge in [0, 0.05) is 25.6 Å². The minimum Gasteiger partial charge on any atom is -0.378 e. The molecule has 0 aromatic heterocycles. The van der Waals surface area contributed by atoms with E-state index in [4.69, 9.17) is 14.2 Å². The van der Waals surface area contributed by atoms with Crippen LogP contribution in [0.15, 0.2) is 0 Å². The molecule has 0 saturated carbocycles. The zero-order chi connectivity index (χ0) is 17.6. The van der Waals surface area contributed by atoms with Gasteiger partial charge in [0.05, 0.1) is 39.6 Å². The lowest BCUT2D eigenvalue weighted by atomic mass is 9.92. The van der Waals surface area contributed by atoms with Crippen LogP contribution in [0.1, 0.15) is 41.0 Å². The van der Waals surface area contributed by atoms with Gasteiger partial charge in [-0.1, -0.05) is 34.6 Å². The largest absolute Gasteiger partial charge is 0.378 e. The molecule has 0 radical (unpaired) electrons. The van der Waals surface area contributed by atoms with Gasteiger partial charge in [0.1, 0.15) is 0 Å². The van der Waals surface area contributed by atoms with E-state index in [0.717, 1.165) is 6.54 Å². The SMILES string of the molecule is CC(C)NCCOCCOCCOCCNC(=O)CC(C)(C)C. The lowest BCUT2D eigenvalue weighted by Crippen LogP contribution is -2.30. The maximum atomic E-state index is 11.6. The van der Waals surface area contributed by atoms with Crippen molar-refractivity contribution < 1.29 is 19.0 Å². The molecule has 1 amide bonds. The Bertz CT molecular complexity index is 291. The molecular formula is C17H36N2O4. The van der Waals surface area contributed by atoms with Gasteiger partial charge in [0.25, 0.3) is 0 Å². The Labute approximate surface area is 141 Å². The summed E-state index contributed by atoms with van der Waals surface area (Å²) in [6.07, 6.45) is 0.531. The van der Waals surface area contributed by atoms with Gasteiger partial charge in [-0.15, -0.1) is 0 Å². The van der Waals surface area contributed by atoms with Crippen molar-refractivity contribution in [3.63, 3.8) is 0 Å². The van der Waals surface area contributed by atoms with Crippen LogP contribution in [0.3, 0.4) is 0 Å². The quantitative estimate of drug-likeness (QED) is 0.473. The molecule has 0 aromatic carbocycles. The predicted octanol–water partition coefficient (Wildman–Crippen LogP) is 1.59. The molecule has 6 heteroatoms. The summed E-state index contributed by atoms with van der Waals surface area (Å²) >= 11 is 0. The van der Waals surface area contributed by atoms with Crippen molar-refractivity contribution in [2.75, 3.05) is 52.7 Å². The Morgan fingerprint density at radius 2 is 1.35 bits per heavy atom. The van der Waals surface area contributed by atoms with E-state index in [2.05, 4.69) is 24.5 Å². The number of carbonyl (C=O) groups is 1. The molecule has 23 heavy (non-hydrogen) atoms. The summed E-state index contributed by atoms with van der Waals surface area (Å²) < 4.78 is 16.2. The standard InChI is InChI=1S/C17H36N2O4/c1-15(2)18-6-8-21-10-12-23-13-11-22-9-7-19-16(20)14-17(3,4)5/h15,18H,6-14H2,1-5H3,(H,19,20). The highest BCUT2D eigenvalue weighted by molar-refractivity contribution is 5.76. The molecule has 0 aliphatic heterocycles. The average molecular weight is 332 g/mol. The fraction of sp³-hybridized carbons (Fsp3) is 0.941. The van der Waals surface area contributed by atoms with Crippen LogP contribution < -0.4 is 10.6 Å². The van der Waals surface area contributed by atoms with Crippen LogP contribution in [0.25, 0.3) is 0 Å². The summed E-state index contributed by atoms with van der Waals surface area (Å²) in [5, 5.41) is 6.13. The molecule has 6 nitrogen and oxygen atoms in total. The smallest absolute Gasteiger partial charge is 0.220 e. The summed E-state index contributed by atoms with van der Waals surface area (Å²) in [6.45, 7) is 15.2. The molecule has 2 N–H and O–H groups in total. The molecule has 0 unspecified atom stereocenters. The van der Waals surface area contributed by atoms with Gasteiger partial charge < -0.3 is 24.8 Å². The van der Waals surface area contributed by atoms with Crippen LogP contribution in [-0.2, 0) is 19.0 Å². The van der Waals surface area contributed by atoms with E-state index < -0.39 is 0 Å². The van der Waals surface area contributed by atoms with E-state index in [1.807, 2.05) is 20.8 Å². The second-order valence-corrected chi connectivity index (χ2v) is 7.03. The van der Waals surface area contributed by atoms with Gasteiger partial charge in [-0.3, -0.25) is 4.79 Å². The summed E-state index contributed by atoms with van der Waals surface area (Å²) in [4.78, 5) is 11.6. The van der Waals surface area contributed by atoms with Crippen molar-refractivity contribution in [3.8, 4) is 0 Å². The van der Waals surface area contributed by atoms with Crippen molar-refractivity contribution in [2.24, 2.45) is 5.41 Å². The monoisotopic (exact) mass is 332 g/mol. The van der Waals surface area contributed by atoms with Crippen LogP contribution >= 0.6 is 0 Å². The molecule has 0 aliphatic carbocycles. The first-order chi connectivity index (χ1) is 10.8. The number of amides is 1. The highest BCUT2D eigenvalue weighted by Gasteiger charge is 2.15. The summed E-state index contributed by atoms with van der Waals surface area (Å²) in [5.41, 5.74) is 0.0195. The molecule has 0 aliphatic rings. The number of rotatable bonds is 14. The lowest BCUT2D eigenvalue weighted by Gasteiger charge is -2.17. The Morgan fingerprint density at radius 1 is 0.870 bits per heavy atom. The number of hydrogen-bond acceptors (Lipinski definition) is 5. The Kier molecular flexibility index (Phi) is 13.3. The van der Waals surface area contributed by atoms with Gasteiger partial charge >= 0.3 is 0 Å². The third kappa shape index (κ3) is 19.3. The highest BCUT2D eigenvalue weighted by atomic mass is 16.5. The summed E-state index contributed by atoms with van der Waals surface area (Å²) in [5.74, 6) is 0.0708. The van der Waals surface area contributed by atoms with Gasteiger partial charge in [-0.25, -0.2) is 0 Å². The number of hydrogen-bond donors (Lipinski definition) is 2. The normalized spacial score (nSPS) is 11.9. The Morgan fingerprint density at radius 3 is 1.83 bits per heavy atom. The van der Waals surface area contributed by atoms with Crippen molar-refractivity contribution in [3.05, 3.63) is 0 Å². The molecule has 0 atom stereocenters. The number of nitrogens with one attached hydrogen (secondary N) is 2. The molecular weight excluding hydrogens is 296 g/mol. The van der Waals surface area contributed by atoms with Crippen LogP contribution in [0, 0.1) is 5.41 Å². The third-order valence-electron chi connectivity index (χ3n) is 2.80. The van der Waals surface area contributed by atoms with Crippen LogP contribution in [-0.4, -0.2) is 64.7 Å². The zero-order valence-electron chi connectivity index (χ0n) is 15.6. The van der Waals surface area contributed by atoms with Crippen molar-refractivity contribution >= 4 is 5.91 Å². The van der Waals surface area contributed by atoms with E-state index in [9.17, 15) is 4.79 Å². The lowest BCUT2D eigenvalue weighted by molar-refractivity contribution is -0.123. The fourth-order valence-corrected chi connectivity index (χ4v) is 1.77.